The average Bonchev–Trinajstić information content (AvgIpc) is 3.13. The van der Waals surface area contributed by atoms with Crippen molar-refractivity contribution >= 4 is 11.8 Å². The highest BCUT2D eigenvalue weighted by Crippen LogP contribution is 2.41. The minimum Gasteiger partial charge on any atom is -0.345 e. The highest BCUT2D eigenvalue weighted by Gasteiger charge is 2.47. The fourth-order valence-electron chi connectivity index (χ4n) is 4.35. The molecule has 0 unspecified atom stereocenters. The van der Waals surface area contributed by atoms with Crippen molar-refractivity contribution in [1.29, 1.82) is 0 Å². The molecule has 4 heterocycles. The van der Waals surface area contributed by atoms with Crippen molar-refractivity contribution in [1.82, 2.24) is 19.4 Å². The van der Waals surface area contributed by atoms with E-state index >= 15 is 0 Å². The molecular formula is C17H24N4O2. The molecule has 2 amide bonds. The fourth-order valence-corrected chi connectivity index (χ4v) is 4.35. The standard InChI is InChI=1S/C17H24N4O2/c1-19-9-5-17(16(19)23)6-10-20(11-7-17)15(22)13-12-18-14-4-2-3-8-21(13)14/h12H,2-11H2,1H3. The van der Waals surface area contributed by atoms with Crippen LogP contribution in [0.15, 0.2) is 6.20 Å². The first-order valence-corrected chi connectivity index (χ1v) is 8.70. The number of aryl methyl sites for hydroxylation is 1. The molecule has 1 aromatic heterocycles. The number of piperidine rings is 1. The molecule has 1 spiro atoms. The van der Waals surface area contributed by atoms with Gasteiger partial charge in [-0.3, -0.25) is 9.59 Å². The van der Waals surface area contributed by atoms with Crippen molar-refractivity contribution in [2.24, 2.45) is 5.41 Å². The number of carbonyl (C=O) groups is 2. The maximum Gasteiger partial charge on any atom is 0.272 e. The quantitative estimate of drug-likeness (QED) is 0.785. The van der Waals surface area contributed by atoms with Crippen LogP contribution in [0.3, 0.4) is 0 Å². The van der Waals surface area contributed by atoms with Crippen LogP contribution < -0.4 is 0 Å². The fraction of sp³-hybridized carbons (Fsp3) is 0.706. The van der Waals surface area contributed by atoms with E-state index in [1.807, 2.05) is 16.8 Å². The lowest BCUT2D eigenvalue weighted by Gasteiger charge is -2.37. The molecule has 1 aromatic rings. The molecule has 0 N–H and O–H groups in total. The lowest BCUT2D eigenvalue weighted by atomic mass is 9.77. The second-order valence-corrected chi connectivity index (χ2v) is 7.22. The van der Waals surface area contributed by atoms with Gasteiger partial charge < -0.3 is 14.4 Å². The van der Waals surface area contributed by atoms with Gasteiger partial charge in [-0.1, -0.05) is 0 Å². The van der Waals surface area contributed by atoms with Gasteiger partial charge in [-0.15, -0.1) is 0 Å². The lowest BCUT2D eigenvalue weighted by Crippen LogP contribution is -2.46. The number of aromatic nitrogens is 2. The van der Waals surface area contributed by atoms with Gasteiger partial charge in [0, 0.05) is 39.6 Å². The maximum absolute atomic E-state index is 12.9. The summed E-state index contributed by atoms with van der Waals surface area (Å²) in [4.78, 5) is 33.4. The molecule has 2 fully saturated rings. The van der Waals surface area contributed by atoms with Crippen molar-refractivity contribution in [3.8, 4) is 0 Å². The Morgan fingerprint density at radius 3 is 2.57 bits per heavy atom. The Bertz CT molecular complexity index is 643. The molecule has 6 heteroatoms. The van der Waals surface area contributed by atoms with E-state index < -0.39 is 0 Å². The van der Waals surface area contributed by atoms with Crippen molar-refractivity contribution in [2.75, 3.05) is 26.7 Å². The molecule has 0 saturated carbocycles. The van der Waals surface area contributed by atoms with Gasteiger partial charge in [-0.05, 0) is 32.1 Å². The number of fused-ring (bicyclic) bond motifs is 1. The topological polar surface area (TPSA) is 58.4 Å². The van der Waals surface area contributed by atoms with Crippen LogP contribution in [0.25, 0.3) is 0 Å². The first-order chi connectivity index (χ1) is 11.1. The number of likely N-dealkylation sites (tertiary alicyclic amines) is 2. The van der Waals surface area contributed by atoms with E-state index in [0.717, 1.165) is 63.1 Å². The third kappa shape index (κ3) is 2.26. The number of nitrogens with zero attached hydrogens (tertiary/aromatic N) is 4. The number of carbonyl (C=O) groups excluding carboxylic acids is 2. The highest BCUT2D eigenvalue weighted by atomic mass is 16.2. The Balaban J connectivity index is 1.47. The summed E-state index contributed by atoms with van der Waals surface area (Å²) in [7, 11) is 1.88. The lowest BCUT2D eigenvalue weighted by molar-refractivity contribution is -0.137. The van der Waals surface area contributed by atoms with E-state index in [2.05, 4.69) is 9.55 Å². The van der Waals surface area contributed by atoms with Crippen LogP contribution in [0.5, 0.6) is 0 Å². The molecule has 0 aromatic carbocycles. The van der Waals surface area contributed by atoms with E-state index in [9.17, 15) is 9.59 Å². The zero-order valence-electron chi connectivity index (χ0n) is 13.8. The van der Waals surface area contributed by atoms with E-state index in [4.69, 9.17) is 0 Å². The third-order valence-electron chi connectivity index (χ3n) is 5.92. The Morgan fingerprint density at radius 1 is 1.13 bits per heavy atom. The van der Waals surface area contributed by atoms with Crippen LogP contribution in [0, 0.1) is 5.41 Å². The smallest absolute Gasteiger partial charge is 0.272 e. The van der Waals surface area contributed by atoms with E-state index in [1.54, 1.807) is 6.20 Å². The number of imidazole rings is 1. The number of hydrogen-bond acceptors (Lipinski definition) is 3. The van der Waals surface area contributed by atoms with E-state index in [1.165, 1.54) is 0 Å². The van der Waals surface area contributed by atoms with Gasteiger partial charge in [0.05, 0.1) is 11.6 Å². The van der Waals surface area contributed by atoms with Gasteiger partial charge in [0.2, 0.25) is 5.91 Å². The van der Waals surface area contributed by atoms with Crippen molar-refractivity contribution in [3.63, 3.8) is 0 Å². The van der Waals surface area contributed by atoms with Crippen molar-refractivity contribution < 1.29 is 9.59 Å². The predicted molar refractivity (Wildman–Crippen MR) is 85.0 cm³/mol. The molecule has 0 aliphatic carbocycles. The normalized spacial score (nSPS) is 23.4. The van der Waals surface area contributed by atoms with Gasteiger partial charge in [-0.25, -0.2) is 4.98 Å². The summed E-state index contributed by atoms with van der Waals surface area (Å²) in [5.41, 5.74) is 0.521. The van der Waals surface area contributed by atoms with Crippen LogP contribution in [-0.4, -0.2) is 57.8 Å². The van der Waals surface area contributed by atoms with Crippen molar-refractivity contribution in [3.05, 3.63) is 17.7 Å². The minimum absolute atomic E-state index is 0.0827. The summed E-state index contributed by atoms with van der Waals surface area (Å²) in [6.07, 6.45) is 7.51. The molecule has 3 aliphatic rings. The monoisotopic (exact) mass is 316 g/mol. The zero-order chi connectivity index (χ0) is 16.0. The van der Waals surface area contributed by atoms with Crippen LogP contribution >= 0.6 is 0 Å². The molecule has 2 saturated heterocycles. The van der Waals surface area contributed by atoms with Gasteiger partial charge in [-0.2, -0.15) is 0 Å². The van der Waals surface area contributed by atoms with Gasteiger partial charge >= 0.3 is 0 Å². The Hall–Kier alpha value is -1.85. The largest absolute Gasteiger partial charge is 0.345 e. The molecule has 4 rings (SSSR count). The Morgan fingerprint density at radius 2 is 1.87 bits per heavy atom. The first kappa shape index (κ1) is 14.7. The van der Waals surface area contributed by atoms with Gasteiger partial charge in [0.25, 0.3) is 5.91 Å². The summed E-state index contributed by atoms with van der Waals surface area (Å²) in [6, 6.07) is 0. The van der Waals surface area contributed by atoms with Crippen LogP contribution in [0.2, 0.25) is 0 Å². The van der Waals surface area contributed by atoms with Crippen molar-refractivity contribution in [2.45, 2.75) is 45.1 Å². The second kappa shape index (κ2) is 5.35. The number of rotatable bonds is 1. The predicted octanol–water partition coefficient (Wildman–Crippen LogP) is 1.30. The zero-order valence-corrected chi connectivity index (χ0v) is 13.8. The van der Waals surface area contributed by atoms with Crippen LogP contribution in [0.1, 0.15) is 48.4 Å². The Labute approximate surface area is 136 Å². The Kier molecular flexibility index (Phi) is 3.43. The minimum atomic E-state index is -0.206. The first-order valence-electron chi connectivity index (χ1n) is 8.70. The van der Waals surface area contributed by atoms with E-state index in [0.29, 0.717) is 13.1 Å². The molecule has 124 valence electrons. The van der Waals surface area contributed by atoms with Gasteiger partial charge in [0.1, 0.15) is 11.5 Å². The number of amides is 2. The maximum atomic E-state index is 12.9. The second-order valence-electron chi connectivity index (χ2n) is 7.22. The molecule has 0 atom stereocenters. The summed E-state index contributed by atoms with van der Waals surface area (Å²) in [6.45, 7) is 3.11. The molecular weight excluding hydrogens is 292 g/mol. The average molecular weight is 316 g/mol. The molecule has 3 aliphatic heterocycles. The summed E-state index contributed by atoms with van der Waals surface area (Å²) >= 11 is 0. The van der Waals surface area contributed by atoms with Gasteiger partial charge in [0.15, 0.2) is 0 Å². The molecule has 6 nitrogen and oxygen atoms in total. The molecule has 23 heavy (non-hydrogen) atoms. The number of hydrogen-bond donors (Lipinski definition) is 0. The van der Waals surface area contributed by atoms with E-state index in [-0.39, 0.29) is 17.2 Å². The van der Waals surface area contributed by atoms with Crippen LogP contribution in [-0.2, 0) is 17.8 Å². The molecule has 0 bridgehead atoms. The molecule has 0 radical (unpaired) electrons. The summed E-state index contributed by atoms with van der Waals surface area (Å²) in [5, 5.41) is 0. The third-order valence-corrected chi connectivity index (χ3v) is 5.92. The van der Waals surface area contributed by atoms with Crippen LogP contribution in [0.4, 0.5) is 0 Å². The SMILES string of the molecule is CN1CCC2(CCN(C(=O)c3cnc4n3CCCC4)CC2)C1=O. The highest BCUT2D eigenvalue weighted by molar-refractivity contribution is 5.93. The summed E-state index contributed by atoms with van der Waals surface area (Å²) in [5.74, 6) is 1.39. The summed E-state index contributed by atoms with van der Waals surface area (Å²) < 4.78 is 2.09.